The maximum Gasteiger partial charge on any atom is 2.00 e. The second-order valence-electron chi connectivity index (χ2n) is 0.408. The maximum absolute atomic E-state index is 8.52. The van der Waals surface area contributed by atoms with Crippen molar-refractivity contribution in [3.8, 4) is 0 Å². The molecule has 0 heterocycles. The van der Waals surface area contributed by atoms with Gasteiger partial charge in [0.1, 0.15) is 0 Å². The molecular formula is CaLiO4S+. The summed E-state index contributed by atoms with van der Waals surface area (Å²) in [5.41, 5.74) is 0. The number of hydrogen-bond acceptors (Lipinski definition) is 4. The van der Waals surface area contributed by atoms with Gasteiger partial charge in [0.25, 0.3) is 0 Å². The van der Waals surface area contributed by atoms with E-state index in [1.165, 1.54) is 0 Å². The van der Waals surface area contributed by atoms with Crippen LogP contribution in [0, 0.1) is 0 Å². The third kappa shape index (κ3) is 85.0. The molecule has 0 fully saturated rings. The smallest absolute Gasteiger partial charge is 0.759 e. The number of rotatable bonds is 0. The van der Waals surface area contributed by atoms with E-state index in [1.807, 2.05) is 0 Å². The van der Waals surface area contributed by atoms with Crippen molar-refractivity contribution in [2.24, 2.45) is 0 Å². The van der Waals surface area contributed by atoms with Gasteiger partial charge in [0.2, 0.25) is 0 Å². The predicted molar refractivity (Wildman–Crippen MR) is 16.2 cm³/mol. The average Bonchev–Trinajstić information content (AvgIpc) is 0.722. The Bertz CT molecular complexity index is 94.9. The van der Waals surface area contributed by atoms with Crippen LogP contribution in [0.4, 0.5) is 0 Å². The molecule has 0 unspecified atom stereocenters. The first-order valence-electron chi connectivity index (χ1n) is 0.667. The van der Waals surface area contributed by atoms with Gasteiger partial charge in [-0.1, -0.05) is 0 Å². The fraction of sp³-hybridized carbons (Fsp3) is 0. The zero-order valence-corrected chi connectivity index (χ0v) is 6.77. The van der Waals surface area contributed by atoms with Crippen LogP contribution in [0.1, 0.15) is 0 Å². The van der Waals surface area contributed by atoms with Crippen LogP contribution in [0.15, 0.2) is 0 Å². The average molecular weight is 143 g/mol. The van der Waals surface area contributed by atoms with Crippen LogP contribution < -0.4 is 18.9 Å². The van der Waals surface area contributed by atoms with Gasteiger partial charge < -0.3 is 9.11 Å². The summed E-state index contributed by atoms with van der Waals surface area (Å²) in [5.74, 6) is 0. The Hall–Kier alpha value is 1.73. The first-order valence-corrected chi connectivity index (χ1v) is 2.00. The first kappa shape index (κ1) is 15.9. The van der Waals surface area contributed by atoms with Crippen LogP contribution in [0.5, 0.6) is 0 Å². The normalized spacial score (nSPS) is 8.29. The van der Waals surface area contributed by atoms with E-state index in [9.17, 15) is 0 Å². The summed E-state index contributed by atoms with van der Waals surface area (Å²) in [5, 5.41) is 0. The molecule has 0 aliphatic heterocycles. The standard InChI is InChI=1S/Ca.Li.H2O4S/c;;1-5(2,3)4/h;;(H2,1,2,3,4)/q+2;+1;/p-2. The van der Waals surface area contributed by atoms with Crippen LogP contribution in [-0.2, 0) is 10.4 Å². The Labute approximate surface area is 83.4 Å². The molecule has 0 bridgehead atoms. The van der Waals surface area contributed by atoms with E-state index < -0.39 is 10.4 Å². The molecule has 0 amide bonds. The molecular weight excluding hydrogens is 143 g/mol. The van der Waals surface area contributed by atoms with Crippen molar-refractivity contribution in [3.05, 3.63) is 0 Å². The van der Waals surface area contributed by atoms with E-state index in [0.717, 1.165) is 0 Å². The Kier molecular flexibility index (Phi) is 13.3. The molecule has 0 aliphatic rings. The molecule has 0 N–H and O–H groups in total. The van der Waals surface area contributed by atoms with Crippen LogP contribution in [0.3, 0.4) is 0 Å². The van der Waals surface area contributed by atoms with E-state index in [-0.39, 0.29) is 56.6 Å². The van der Waals surface area contributed by atoms with Crippen molar-refractivity contribution in [1.82, 2.24) is 0 Å². The summed E-state index contributed by atoms with van der Waals surface area (Å²) in [6.07, 6.45) is 0. The van der Waals surface area contributed by atoms with Crippen molar-refractivity contribution < 1.29 is 36.4 Å². The molecule has 0 spiro atoms. The van der Waals surface area contributed by atoms with Crippen LogP contribution >= 0.6 is 0 Å². The summed E-state index contributed by atoms with van der Waals surface area (Å²) < 4.78 is 34.1. The Morgan fingerprint density at radius 1 is 1.14 bits per heavy atom. The van der Waals surface area contributed by atoms with Gasteiger partial charge in [-0.25, -0.2) is 0 Å². The topological polar surface area (TPSA) is 80.3 Å². The summed E-state index contributed by atoms with van der Waals surface area (Å²) in [4.78, 5) is 0. The van der Waals surface area contributed by atoms with Gasteiger partial charge in [-0.3, -0.25) is 8.42 Å². The minimum atomic E-state index is -5.17. The van der Waals surface area contributed by atoms with Crippen molar-refractivity contribution in [1.29, 1.82) is 0 Å². The molecule has 0 aliphatic carbocycles. The van der Waals surface area contributed by atoms with Crippen molar-refractivity contribution in [2.75, 3.05) is 0 Å². The molecule has 0 atom stereocenters. The summed E-state index contributed by atoms with van der Waals surface area (Å²) in [6.45, 7) is 0. The van der Waals surface area contributed by atoms with E-state index >= 15 is 0 Å². The molecule has 0 saturated carbocycles. The minimum Gasteiger partial charge on any atom is -0.759 e. The summed E-state index contributed by atoms with van der Waals surface area (Å²) in [7, 11) is -5.17. The zero-order chi connectivity index (χ0) is 4.50. The van der Waals surface area contributed by atoms with Crippen LogP contribution in [0.25, 0.3) is 0 Å². The largest absolute Gasteiger partial charge is 2.00 e. The Morgan fingerprint density at radius 3 is 1.14 bits per heavy atom. The maximum atomic E-state index is 8.52. The van der Waals surface area contributed by atoms with Crippen molar-refractivity contribution in [3.63, 3.8) is 0 Å². The molecule has 0 aromatic rings. The molecule has 7 heavy (non-hydrogen) atoms. The zero-order valence-electron chi connectivity index (χ0n) is 3.75. The van der Waals surface area contributed by atoms with E-state index in [2.05, 4.69) is 0 Å². The molecule has 4 nitrogen and oxygen atoms in total. The fourth-order valence-electron chi connectivity index (χ4n) is 0. The Balaban J connectivity index is -0.0000000800. The third-order valence-electron chi connectivity index (χ3n) is 0. The number of hydrogen-bond donors (Lipinski definition) is 0. The summed E-state index contributed by atoms with van der Waals surface area (Å²) in [6, 6.07) is 0. The molecule has 0 aromatic heterocycles. The van der Waals surface area contributed by atoms with E-state index in [1.54, 1.807) is 0 Å². The molecule has 0 radical (unpaired) electrons. The molecule has 0 saturated heterocycles. The van der Waals surface area contributed by atoms with E-state index in [4.69, 9.17) is 17.5 Å². The Morgan fingerprint density at radius 2 is 1.14 bits per heavy atom. The van der Waals surface area contributed by atoms with Gasteiger partial charge in [-0.2, -0.15) is 0 Å². The van der Waals surface area contributed by atoms with Gasteiger partial charge in [-0.05, 0) is 0 Å². The quantitative estimate of drug-likeness (QED) is 0.194. The fourth-order valence-corrected chi connectivity index (χ4v) is 0. The van der Waals surface area contributed by atoms with Gasteiger partial charge in [0.15, 0.2) is 0 Å². The van der Waals surface area contributed by atoms with Crippen molar-refractivity contribution >= 4 is 48.1 Å². The first-order chi connectivity index (χ1) is 2.00. The van der Waals surface area contributed by atoms with Gasteiger partial charge in [-0.15, -0.1) is 0 Å². The van der Waals surface area contributed by atoms with Gasteiger partial charge in [0.05, 0.1) is 0 Å². The predicted octanol–water partition coefficient (Wildman–Crippen LogP) is -4.71. The molecule has 0 aromatic carbocycles. The molecule has 0 rings (SSSR count). The third-order valence-corrected chi connectivity index (χ3v) is 0. The van der Waals surface area contributed by atoms with Crippen LogP contribution in [0.2, 0.25) is 0 Å². The SMILES string of the molecule is O=S(=O)([O-])[O-].[Ca+2].[Li+]. The molecule has 7 heteroatoms. The van der Waals surface area contributed by atoms with Gasteiger partial charge in [0, 0.05) is 10.4 Å². The van der Waals surface area contributed by atoms with Crippen molar-refractivity contribution in [2.45, 2.75) is 0 Å². The second-order valence-corrected chi connectivity index (χ2v) is 1.22. The summed E-state index contributed by atoms with van der Waals surface area (Å²) >= 11 is 0. The minimum absolute atomic E-state index is 0. The van der Waals surface area contributed by atoms with E-state index in [0.29, 0.717) is 0 Å². The monoisotopic (exact) mass is 143 g/mol. The van der Waals surface area contributed by atoms with Gasteiger partial charge >= 0.3 is 56.6 Å². The molecule has 32 valence electrons. The second kappa shape index (κ2) is 5.86. The van der Waals surface area contributed by atoms with Crippen LogP contribution in [-0.4, -0.2) is 55.3 Å².